The van der Waals surface area contributed by atoms with Gasteiger partial charge in [0.1, 0.15) is 0 Å². The summed E-state index contributed by atoms with van der Waals surface area (Å²) in [6.07, 6.45) is 2.69. The first kappa shape index (κ1) is 20.2. The molecule has 0 spiro atoms. The van der Waals surface area contributed by atoms with Gasteiger partial charge >= 0.3 is 0 Å². The highest BCUT2D eigenvalue weighted by Gasteiger charge is 2.24. The first-order valence-corrected chi connectivity index (χ1v) is 9.99. The molecule has 0 atom stereocenters. The van der Waals surface area contributed by atoms with Crippen molar-refractivity contribution in [3.8, 4) is 11.5 Å². The molecule has 0 bridgehead atoms. The molecule has 3 rings (SSSR count). The van der Waals surface area contributed by atoms with Crippen LogP contribution in [0.25, 0.3) is 0 Å². The number of hydrogen-bond acceptors (Lipinski definition) is 6. The lowest BCUT2D eigenvalue weighted by molar-refractivity contribution is -0.144. The quantitative estimate of drug-likeness (QED) is 0.794. The molecule has 1 saturated heterocycles. The normalized spacial score (nSPS) is 13.9. The van der Waals surface area contributed by atoms with Crippen LogP contribution in [0.3, 0.4) is 0 Å². The van der Waals surface area contributed by atoms with Crippen molar-refractivity contribution in [3.05, 3.63) is 39.6 Å². The first-order chi connectivity index (χ1) is 13.6. The molecule has 150 valence electrons. The Morgan fingerprint density at radius 2 is 2.04 bits per heavy atom. The largest absolute Gasteiger partial charge is 0.493 e. The second-order valence-electron chi connectivity index (χ2n) is 6.28. The summed E-state index contributed by atoms with van der Waals surface area (Å²) in [7, 11) is 2.98. The van der Waals surface area contributed by atoms with Gasteiger partial charge in [0, 0.05) is 17.0 Å². The molecule has 0 radical (unpaired) electrons. The number of carbonyl (C=O) groups excluding carboxylic acids is 2. The van der Waals surface area contributed by atoms with E-state index in [2.05, 4.69) is 5.32 Å². The molecular formula is C20H24N2O5S. The van der Waals surface area contributed by atoms with Gasteiger partial charge in [-0.05, 0) is 43.5 Å². The maximum atomic E-state index is 12.8. The number of hydrogen-bond donors (Lipinski definition) is 1. The second kappa shape index (κ2) is 9.07. The average Bonchev–Trinajstić information content (AvgIpc) is 3.22. The summed E-state index contributed by atoms with van der Waals surface area (Å²) >= 11 is 1.44. The van der Waals surface area contributed by atoms with Crippen LogP contribution in [0.2, 0.25) is 0 Å². The van der Waals surface area contributed by atoms with Gasteiger partial charge in [-0.15, -0.1) is 11.3 Å². The Bertz CT molecular complexity index is 858. The summed E-state index contributed by atoms with van der Waals surface area (Å²) in [5, 5.41) is 4.19. The molecule has 0 saturated carbocycles. The van der Waals surface area contributed by atoms with Crippen LogP contribution in [0, 0.1) is 0 Å². The Morgan fingerprint density at radius 3 is 2.64 bits per heavy atom. The fourth-order valence-electron chi connectivity index (χ4n) is 2.96. The van der Waals surface area contributed by atoms with Gasteiger partial charge in [-0.25, -0.2) is 5.06 Å². The van der Waals surface area contributed by atoms with E-state index in [1.807, 2.05) is 13.0 Å². The summed E-state index contributed by atoms with van der Waals surface area (Å²) in [5.41, 5.74) is 0.730. The summed E-state index contributed by atoms with van der Waals surface area (Å²) in [5.74, 6) is 0.185. The fourth-order valence-corrected chi connectivity index (χ4v) is 3.80. The number of nitrogens with zero attached hydrogens (tertiary/aromatic N) is 1. The molecule has 28 heavy (non-hydrogen) atoms. The zero-order valence-corrected chi connectivity index (χ0v) is 17.1. The van der Waals surface area contributed by atoms with E-state index in [1.165, 1.54) is 30.6 Å². The van der Waals surface area contributed by atoms with E-state index in [1.54, 1.807) is 18.2 Å². The minimum Gasteiger partial charge on any atom is -0.493 e. The number of carbonyl (C=O) groups is 2. The Labute approximate surface area is 168 Å². The van der Waals surface area contributed by atoms with E-state index in [9.17, 15) is 9.59 Å². The third kappa shape index (κ3) is 4.28. The third-order valence-corrected chi connectivity index (χ3v) is 5.67. The summed E-state index contributed by atoms with van der Waals surface area (Å²) in [4.78, 5) is 32.7. The van der Waals surface area contributed by atoms with Crippen LogP contribution in [-0.4, -0.2) is 44.2 Å². The molecule has 1 aliphatic rings. The Kier molecular flexibility index (Phi) is 6.53. The van der Waals surface area contributed by atoms with Crippen molar-refractivity contribution in [1.29, 1.82) is 0 Å². The minimum absolute atomic E-state index is 0.260. The maximum Gasteiger partial charge on any atom is 0.277 e. The number of methoxy groups -OCH3 is 2. The van der Waals surface area contributed by atoms with E-state index in [0.717, 1.165) is 24.1 Å². The van der Waals surface area contributed by atoms with Gasteiger partial charge in [-0.2, -0.15) is 0 Å². The number of aryl methyl sites for hydroxylation is 1. The monoisotopic (exact) mass is 404 g/mol. The Morgan fingerprint density at radius 1 is 1.21 bits per heavy atom. The highest BCUT2D eigenvalue weighted by Crippen LogP contribution is 2.37. The van der Waals surface area contributed by atoms with Gasteiger partial charge < -0.3 is 14.8 Å². The molecule has 0 unspecified atom stereocenters. The van der Waals surface area contributed by atoms with E-state index < -0.39 is 0 Å². The molecule has 1 aromatic carbocycles. The number of rotatable bonds is 6. The predicted octanol–water partition coefficient (Wildman–Crippen LogP) is 3.75. The van der Waals surface area contributed by atoms with Crippen LogP contribution in [0.15, 0.2) is 24.3 Å². The lowest BCUT2D eigenvalue weighted by atomic mass is 10.1. The van der Waals surface area contributed by atoms with Crippen molar-refractivity contribution in [3.63, 3.8) is 0 Å². The smallest absolute Gasteiger partial charge is 0.277 e. The zero-order chi connectivity index (χ0) is 20.1. The van der Waals surface area contributed by atoms with Crippen LogP contribution in [0.4, 0.5) is 5.69 Å². The lowest BCUT2D eigenvalue weighted by Gasteiger charge is -2.26. The number of thiophene rings is 1. The van der Waals surface area contributed by atoms with E-state index in [0.29, 0.717) is 40.8 Å². The second-order valence-corrected chi connectivity index (χ2v) is 7.45. The highest BCUT2D eigenvalue weighted by atomic mass is 32.1. The minimum atomic E-state index is -0.277. The standard InChI is InChI=1S/C20H24N2O5S/c1-4-14-7-8-17(28-14)19(23)21-15-11-13(12-16(25-2)18(15)26-3)20(24)22-9-5-6-10-27-22/h7-8,11-12H,4-6,9-10H2,1-3H3,(H,21,23). The molecular weight excluding hydrogens is 380 g/mol. The van der Waals surface area contributed by atoms with Gasteiger partial charge in [0.05, 0.1) is 31.4 Å². The van der Waals surface area contributed by atoms with Crippen LogP contribution in [-0.2, 0) is 11.3 Å². The van der Waals surface area contributed by atoms with Crippen LogP contribution in [0.5, 0.6) is 11.5 Å². The summed E-state index contributed by atoms with van der Waals surface area (Å²) in [6.45, 7) is 3.09. The first-order valence-electron chi connectivity index (χ1n) is 9.18. The number of nitrogens with one attached hydrogen (secondary N) is 1. The SMILES string of the molecule is CCc1ccc(C(=O)Nc2cc(C(=O)N3CCCCO3)cc(OC)c2OC)s1. The van der Waals surface area contributed by atoms with E-state index in [4.69, 9.17) is 14.3 Å². The molecule has 1 N–H and O–H groups in total. The van der Waals surface area contributed by atoms with Crippen molar-refractivity contribution < 1.29 is 23.9 Å². The maximum absolute atomic E-state index is 12.8. The molecule has 1 aromatic heterocycles. The van der Waals surface area contributed by atoms with Gasteiger partial charge in [0.15, 0.2) is 11.5 Å². The number of anilines is 1. The Hall–Kier alpha value is -2.58. The van der Waals surface area contributed by atoms with Crippen molar-refractivity contribution >= 4 is 28.8 Å². The summed E-state index contributed by atoms with van der Waals surface area (Å²) < 4.78 is 10.8. The van der Waals surface area contributed by atoms with Crippen molar-refractivity contribution in [2.45, 2.75) is 26.2 Å². The van der Waals surface area contributed by atoms with Crippen LogP contribution in [0.1, 0.15) is 44.7 Å². The number of amides is 2. The molecule has 2 aromatic rings. The highest BCUT2D eigenvalue weighted by molar-refractivity contribution is 7.14. The molecule has 2 amide bonds. The van der Waals surface area contributed by atoms with Crippen molar-refractivity contribution in [1.82, 2.24) is 5.06 Å². The molecule has 2 heterocycles. The topological polar surface area (TPSA) is 77.1 Å². The van der Waals surface area contributed by atoms with Crippen LogP contribution >= 0.6 is 11.3 Å². The summed E-state index contributed by atoms with van der Waals surface area (Å²) in [6, 6.07) is 6.91. The van der Waals surface area contributed by atoms with E-state index in [-0.39, 0.29) is 11.8 Å². The molecule has 7 nitrogen and oxygen atoms in total. The predicted molar refractivity (Wildman–Crippen MR) is 107 cm³/mol. The average molecular weight is 404 g/mol. The van der Waals surface area contributed by atoms with Gasteiger partial charge in [-0.3, -0.25) is 14.4 Å². The molecule has 8 heteroatoms. The van der Waals surface area contributed by atoms with Gasteiger partial charge in [0.2, 0.25) is 0 Å². The van der Waals surface area contributed by atoms with Crippen LogP contribution < -0.4 is 14.8 Å². The molecule has 1 aliphatic heterocycles. The fraction of sp³-hybridized carbons (Fsp3) is 0.400. The molecule has 0 aliphatic carbocycles. The third-order valence-electron chi connectivity index (χ3n) is 4.44. The van der Waals surface area contributed by atoms with Gasteiger partial charge in [0.25, 0.3) is 11.8 Å². The molecule has 1 fully saturated rings. The van der Waals surface area contributed by atoms with Crippen molar-refractivity contribution in [2.75, 3.05) is 32.7 Å². The number of hydroxylamine groups is 2. The Balaban J connectivity index is 1.91. The number of ether oxygens (including phenoxy) is 2. The zero-order valence-electron chi connectivity index (χ0n) is 16.2. The van der Waals surface area contributed by atoms with E-state index >= 15 is 0 Å². The van der Waals surface area contributed by atoms with Gasteiger partial charge in [-0.1, -0.05) is 6.92 Å². The number of benzene rings is 1. The lowest BCUT2D eigenvalue weighted by Crippen LogP contribution is -2.35. The van der Waals surface area contributed by atoms with Crippen molar-refractivity contribution in [2.24, 2.45) is 0 Å².